The first-order valence-electron chi connectivity index (χ1n) is 15.0. The number of hydrogen-bond donors (Lipinski definition) is 1. The first kappa shape index (κ1) is 29.2. The Bertz CT molecular complexity index is 1290. The highest BCUT2D eigenvalue weighted by atomic mass is 16.5. The minimum absolute atomic E-state index is 0.112. The predicted octanol–water partition coefficient (Wildman–Crippen LogP) is 1.93. The molecule has 0 aliphatic carbocycles. The molecular formula is C30H45N9O2. The molecule has 2 unspecified atom stereocenters. The number of benzene rings is 1. The van der Waals surface area contributed by atoms with Crippen LogP contribution in [0.4, 0.5) is 5.82 Å². The Morgan fingerprint density at radius 1 is 1.12 bits per heavy atom. The lowest BCUT2D eigenvalue weighted by Gasteiger charge is -2.41. The summed E-state index contributed by atoms with van der Waals surface area (Å²) in [5, 5.41) is 9.09. The molecule has 2 atom stereocenters. The zero-order chi connectivity index (χ0) is 28.8. The third-order valence-corrected chi connectivity index (χ3v) is 8.28. The molecule has 1 amide bonds. The van der Waals surface area contributed by atoms with Gasteiger partial charge in [-0.3, -0.25) is 9.69 Å². The quantitative estimate of drug-likeness (QED) is 0.376. The number of carbonyl (C=O) groups excluding carboxylic acids is 1. The van der Waals surface area contributed by atoms with Gasteiger partial charge in [0.15, 0.2) is 5.65 Å². The topological polar surface area (TPSA) is 94.9 Å². The number of fused-ring (bicyclic) bond motifs is 1. The van der Waals surface area contributed by atoms with Gasteiger partial charge in [0.05, 0.1) is 30.8 Å². The van der Waals surface area contributed by atoms with Crippen LogP contribution in [0.5, 0.6) is 5.75 Å². The molecule has 2 fully saturated rings. The lowest BCUT2D eigenvalue weighted by atomic mass is 9.96. The molecule has 1 aromatic carbocycles. The van der Waals surface area contributed by atoms with Crippen molar-refractivity contribution in [3.63, 3.8) is 0 Å². The first-order valence-corrected chi connectivity index (χ1v) is 15.0. The third kappa shape index (κ3) is 6.97. The summed E-state index contributed by atoms with van der Waals surface area (Å²) >= 11 is 0. The predicted molar refractivity (Wildman–Crippen MR) is 161 cm³/mol. The van der Waals surface area contributed by atoms with Gasteiger partial charge in [-0.2, -0.15) is 5.10 Å². The minimum atomic E-state index is -0.112. The normalized spacial score (nSPS) is 19.9. The summed E-state index contributed by atoms with van der Waals surface area (Å²) in [6.45, 7) is 12.3. The van der Waals surface area contributed by atoms with Gasteiger partial charge in [-0.15, -0.1) is 0 Å². The number of rotatable bonds is 11. The standard InChI is InChI=1S/C30H45N9O2/c1-5-36(13-12-35(3)4)24-10-11-31-27(19-24)30(40)38-16-14-37(15-17-38)28-26-20-34-39(29(26)33-22-32-28)21-23-8-7-9-25(18-23)41-6-2/h7-9,18,20,22,24,27,31H,5-6,10-17,19,21H2,1-4H3. The number of piperazine rings is 1. The van der Waals surface area contributed by atoms with E-state index in [0.717, 1.165) is 80.3 Å². The Balaban J connectivity index is 1.20. The van der Waals surface area contributed by atoms with Gasteiger partial charge in [0.25, 0.3) is 0 Å². The maximum Gasteiger partial charge on any atom is 0.239 e. The van der Waals surface area contributed by atoms with Crippen LogP contribution >= 0.6 is 0 Å². The second-order valence-electron chi connectivity index (χ2n) is 11.2. The van der Waals surface area contributed by atoms with E-state index in [2.05, 4.69) is 62.2 Å². The van der Waals surface area contributed by atoms with Crippen LogP contribution in [0.1, 0.15) is 32.3 Å². The molecule has 1 N–H and O–H groups in total. The molecule has 3 aromatic rings. The average molecular weight is 564 g/mol. The summed E-state index contributed by atoms with van der Waals surface area (Å²) in [6.07, 6.45) is 5.44. The van der Waals surface area contributed by atoms with Crippen LogP contribution in [0.15, 0.2) is 36.8 Å². The van der Waals surface area contributed by atoms with Gasteiger partial charge >= 0.3 is 0 Å². The fourth-order valence-corrected chi connectivity index (χ4v) is 6.03. The minimum Gasteiger partial charge on any atom is -0.494 e. The zero-order valence-electron chi connectivity index (χ0n) is 25.0. The summed E-state index contributed by atoms with van der Waals surface area (Å²) in [5.74, 6) is 1.97. The molecule has 2 saturated heterocycles. The molecule has 4 heterocycles. The third-order valence-electron chi connectivity index (χ3n) is 8.28. The van der Waals surface area contributed by atoms with E-state index in [4.69, 9.17) is 4.74 Å². The second-order valence-corrected chi connectivity index (χ2v) is 11.2. The van der Waals surface area contributed by atoms with Crippen molar-refractivity contribution < 1.29 is 9.53 Å². The molecule has 5 rings (SSSR count). The van der Waals surface area contributed by atoms with Crippen molar-refractivity contribution in [2.45, 2.75) is 45.3 Å². The Morgan fingerprint density at radius 2 is 1.95 bits per heavy atom. The highest BCUT2D eigenvalue weighted by molar-refractivity contribution is 5.87. The van der Waals surface area contributed by atoms with Crippen LogP contribution in [0.2, 0.25) is 0 Å². The molecular weight excluding hydrogens is 518 g/mol. The summed E-state index contributed by atoms with van der Waals surface area (Å²) in [7, 11) is 4.23. The molecule has 11 nitrogen and oxygen atoms in total. The summed E-state index contributed by atoms with van der Waals surface area (Å²) < 4.78 is 7.57. The Hall–Kier alpha value is -3.28. The van der Waals surface area contributed by atoms with Gasteiger partial charge in [0.2, 0.25) is 5.91 Å². The van der Waals surface area contributed by atoms with Crippen LogP contribution in [-0.2, 0) is 11.3 Å². The van der Waals surface area contributed by atoms with Crippen molar-refractivity contribution in [3.8, 4) is 5.75 Å². The number of carbonyl (C=O) groups is 1. The molecule has 0 bridgehead atoms. The molecule has 0 saturated carbocycles. The molecule has 2 aliphatic heterocycles. The first-order chi connectivity index (χ1) is 20.0. The monoisotopic (exact) mass is 563 g/mol. The molecule has 2 aliphatic rings. The molecule has 11 heteroatoms. The average Bonchev–Trinajstić information content (AvgIpc) is 3.40. The van der Waals surface area contributed by atoms with E-state index in [0.29, 0.717) is 32.3 Å². The molecule has 2 aromatic heterocycles. The molecule has 41 heavy (non-hydrogen) atoms. The van der Waals surface area contributed by atoms with Gasteiger partial charge in [-0.05, 0) is 64.6 Å². The van der Waals surface area contributed by atoms with Crippen molar-refractivity contribution in [1.82, 2.24) is 39.8 Å². The van der Waals surface area contributed by atoms with E-state index >= 15 is 0 Å². The summed E-state index contributed by atoms with van der Waals surface area (Å²) in [5.41, 5.74) is 1.91. The number of hydrogen-bond acceptors (Lipinski definition) is 9. The maximum absolute atomic E-state index is 13.5. The fourth-order valence-electron chi connectivity index (χ4n) is 6.03. The van der Waals surface area contributed by atoms with E-state index in [9.17, 15) is 4.79 Å². The number of amides is 1. The fraction of sp³-hybridized carbons (Fsp3) is 0.600. The van der Waals surface area contributed by atoms with Crippen molar-refractivity contribution in [2.75, 3.05) is 78.0 Å². The van der Waals surface area contributed by atoms with E-state index in [-0.39, 0.29) is 11.9 Å². The van der Waals surface area contributed by atoms with Crippen LogP contribution in [-0.4, -0.2) is 125 Å². The number of nitrogens with zero attached hydrogens (tertiary/aromatic N) is 8. The molecule has 0 spiro atoms. The highest BCUT2D eigenvalue weighted by Crippen LogP contribution is 2.25. The van der Waals surface area contributed by atoms with Gasteiger partial charge in [-0.1, -0.05) is 19.1 Å². The summed E-state index contributed by atoms with van der Waals surface area (Å²) in [4.78, 5) is 31.8. The van der Waals surface area contributed by atoms with E-state index in [1.165, 1.54) is 0 Å². The van der Waals surface area contributed by atoms with Crippen molar-refractivity contribution in [3.05, 3.63) is 42.4 Å². The van der Waals surface area contributed by atoms with E-state index in [1.54, 1.807) is 6.33 Å². The second kappa shape index (κ2) is 13.6. The largest absolute Gasteiger partial charge is 0.494 e. The maximum atomic E-state index is 13.5. The highest BCUT2D eigenvalue weighted by Gasteiger charge is 2.34. The van der Waals surface area contributed by atoms with Crippen LogP contribution in [0.3, 0.4) is 0 Å². The van der Waals surface area contributed by atoms with Gasteiger partial charge in [0, 0.05) is 45.3 Å². The lowest BCUT2D eigenvalue weighted by Crippen LogP contribution is -2.58. The van der Waals surface area contributed by atoms with Gasteiger partial charge < -0.3 is 24.8 Å². The number of ether oxygens (including phenoxy) is 1. The van der Waals surface area contributed by atoms with Crippen LogP contribution < -0.4 is 15.0 Å². The van der Waals surface area contributed by atoms with Crippen LogP contribution in [0, 0.1) is 0 Å². The Labute approximate surface area is 243 Å². The van der Waals surface area contributed by atoms with E-state index in [1.807, 2.05) is 40.9 Å². The molecule has 222 valence electrons. The molecule has 0 radical (unpaired) electrons. The van der Waals surface area contributed by atoms with Crippen LogP contribution in [0.25, 0.3) is 11.0 Å². The lowest BCUT2D eigenvalue weighted by molar-refractivity contribution is -0.135. The number of likely N-dealkylation sites (N-methyl/N-ethyl adjacent to an activating group) is 2. The van der Waals surface area contributed by atoms with Crippen molar-refractivity contribution >= 4 is 22.8 Å². The Kier molecular flexibility index (Phi) is 9.68. The van der Waals surface area contributed by atoms with Gasteiger partial charge in [0.1, 0.15) is 17.9 Å². The number of nitrogens with one attached hydrogen (secondary N) is 1. The number of anilines is 1. The summed E-state index contributed by atoms with van der Waals surface area (Å²) in [6, 6.07) is 8.42. The van der Waals surface area contributed by atoms with Crippen molar-refractivity contribution in [1.29, 1.82) is 0 Å². The smallest absolute Gasteiger partial charge is 0.239 e. The Morgan fingerprint density at radius 3 is 2.71 bits per heavy atom. The number of piperidine rings is 1. The van der Waals surface area contributed by atoms with Gasteiger partial charge in [-0.25, -0.2) is 14.6 Å². The van der Waals surface area contributed by atoms with E-state index < -0.39 is 0 Å². The SMILES string of the molecule is CCOc1cccc(Cn2ncc3c(N4CCN(C(=O)C5CC(N(CC)CCN(C)C)CCN5)CC4)ncnc32)c1. The number of aromatic nitrogens is 4. The zero-order valence-corrected chi connectivity index (χ0v) is 25.0. The van der Waals surface area contributed by atoms with Crippen molar-refractivity contribution in [2.24, 2.45) is 0 Å².